The quantitative estimate of drug-likeness (QED) is 0.438. The summed E-state index contributed by atoms with van der Waals surface area (Å²) in [6.45, 7) is 2.22. The smallest absolute Gasteiger partial charge is 0.290 e. The van der Waals surface area contributed by atoms with Crippen LogP contribution in [0.1, 0.15) is 35.9 Å². The number of nitrogens with one attached hydrogen (secondary N) is 1. The number of nitrogens with zero attached hydrogens (tertiary/aromatic N) is 2. The first-order valence-electron chi connectivity index (χ1n) is 10.7. The fraction of sp³-hybridized carbons (Fsp3) is 0.250. The Bertz CT molecular complexity index is 1230. The Balaban J connectivity index is 1.75. The van der Waals surface area contributed by atoms with Crippen LogP contribution < -0.4 is 5.32 Å². The van der Waals surface area contributed by atoms with E-state index < -0.39 is 16.7 Å². The standard InChI is InChI=1S/C24H27N3O5S/c1-4-5-13-27-24(29)21(22(33(27,30)31)16-9-7-6-8-10-16)25-18-11-12-19-17(14-18)15-20(32-19)23(28)26(2)3/h6-12,14-15,25,30-31H,4-5,13H2,1-3H3. The maximum Gasteiger partial charge on any atom is 0.290 e. The van der Waals surface area contributed by atoms with Crippen molar-refractivity contribution >= 4 is 44.2 Å². The van der Waals surface area contributed by atoms with E-state index in [1.807, 2.05) is 13.0 Å². The molecule has 9 heteroatoms. The van der Waals surface area contributed by atoms with Gasteiger partial charge in [0.2, 0.25) is 0 Å². The van der Waals surface area contributed by atoms with Crippen LogP contribution in [0.2, 0.25) is 0 Å². The molecule has 1 aromatic heterocycles. The summed E-state index contributed by atoms with van der Waals surface area (Å²) < 4.78 is 29.0. The number of benzene rings is 2. The van der Waals surface area contributed by atoms with Crippen molar-refractivity contribution in [3.05, 3.63) is 71.6 Å². The molecule has 174 valence electrons. The highest BCUT2D eigenvalue weighted by molar-refractivity contribution is 8.31. The second-order valence-electron chi connectivity index (χ2n) is 8.04. The zero-order valence-electron chi connectivity index (χ0n) is 18.7. The van der Waals surface area contributed by atoms with Crippen LogP contribution in [0.5, 0.6) is 0 Å². The van der Waals surface area contributed by atoms with E-state index in [0.717, 1.165) is 10.7 Å². The first kappa shape index (κ1) is 22.9. The Morgan fingerprint density at radius 2 is 1.85 bits per heavy atom. The molecule has 3 aromatic rings. The normalized spacial score (nSPS) is 16.4. The number of fused-ring (bicyclic) bond motifs is 1. The number of carbonyl (C=O) groups is 2. The molecule has 0 fully saturated rings. The number of hydrogen-bond acceptors (Lipinski definition) is 6. The average Bonchev–Trinajstić information content (AvgIpc) is 3.28. The highest BCUT2D eigenvalue weighted by atomic mass is 32.3. The van der Waals surface area contributed by atoms with Crippen LogP contribution in [0.3, 0.4) is 0 Å². The van der Waals surface area contributed by atoms with Gasteiger partial charge in [0.15, 0.2) is 5.76 Å². The topological polar surface area (TPSA) is 106 Å². The Labute approximate surface area is 194 Å². The molecule has 0 spiro atoms. The van der Waals surface area contributed by atoms with E-state index in [1.165, 1.54) is 4.90 Å². The van der Waals surface area contributed by atoms with Crippen LogP contribution >= 0.6 is 10.8 Å². The fourth-order valence-electron chi connectivity index (χ4n) is 3.71. The monoisotopic (exact) mass is 469 g/mol. The number of anilines is 1. The molecule has 2 aromatic carbocycles. The zero-order valence-corrected chi connectivity index (χ0v) is 19.6. The molecule has 0 bridgehead atoms. The Morgan fingerprint density at radius 3 is 2.52 bits per heavy atom. The van der Waals surface area contributed by atoms with Crippen LogP contribution in [-0.2, 0) is 4.79 Å². The van der Waals surface area contributed by atoms with E-state index in [2.05, 4.69) is 5.32 Å². The maximum absolute atomic E-state index is 13.3. The minimum atomic E-state index is -3.50. The van der Waals surface area contributed by atoms with Crippen molar-refractivity contribution in [1.82, 2.24) is 9.21 Å². The lowest BCUT2D eigenvalue weighted by Gasteiger charge is -2.38. The van der Waals surface area contributed by atoms with E-state index in [1.54, 1.807) is 62.6 Å². The number of hydrogen-bond donors (Lipinski definition) is 3. The summed E-state index contributed by atoms with van der Waals surface area (Å²) in [5, 5.41) is 3.79. The van der Waals surface area contributed by atoms with Crippen molar-refractivity contribution in [2.24, 2.45) is 0 Å². The molecule has 3 N–H and O–H groups in total. The first-order valence-corrected chi connectivity index (χ1v) is 12.2. The second kappa shape index (κ2) is 8.93. The van der Waals surface area contributed by atoms with E-state index in [-0.39, 0.29) is 28.8 Å². The van der Waals surface area contributed by atoms with Gasteiger partial charge in [-0.2, -0.15) is 0 Å². The van der Waals surface area contributed by atoms with Crippen LogP contribution in [0.25, 0.3) is 15.9 Å². The summed E-state index contributed by atoms with van der Waals surface area (Å²) in [5.74, 6) is -0.493. The third-order valence-corrected chi connectivity index (χ3v) is 7.35. The summed E-state index contributed by atoms with van der Waals surface area (Å²) in [6, 6.07) is 15.7. The van der Waals surface area contributed by atoms with Crippen molar-refractivity contribution in [3.8, 4) is 0 Å². The SMILES string of the molecule is CCCCN1C(=O)C(Nc2ccc3oc(C(=O)N(C)C)cc3c2)=C(c2ccccc2)S1(O)O. The predicted octanol–water partition coefficient (Wildman–Crippen LogP) is 5.22. The second-order valence-corrected chi connectivity index (χ2v) is 9.92. The van der Waals surface area contributed by atoms with Crippen LogP contribution in [0, 0.1) is 0 Å². The summed E-state index contributed by atoms with van der Waals surface area (Å²) >= 11 is 0. The molecule has 4 rings (SSSR count). The lowest BCUT2D eigenvalue weighted by Crippen LogP contribution is -2.31. The average molecular weight is 470 g/mol. The van der Waals surface area contributed by atoms with Gasteiger partial charge in [-0.1, -0.05) is 54.5 Å². The van der Waals surface area contributed by atoms with Crippen molar-refractivity contribution < 1.29 is 23.1 Å². The highest BCUT2D eigenvalue weighted by Crippen LogP contribution is 2.62. The molecule has 1 aliphatic rings. The number of rotatable bonds is 7. The van der Waals surface area contributed by atoms with Crippen LogP contribution in [-0.4, -0.2) is 50.8 Å². The predicted molar refractivity (Wildman–Crippen MR) is 131 cm³/mol. The van der Waals surface area contributed by atoms with Gasteiger partial charge in [-0.15, -0.1) is 0 Å². The van der Waals surface area contributed by atoms with Gasteiger partial charge >= 0.3 is 0 Å². The molecule has 0 radical (unpaired) electrons. The molecule has 1 aliphatic heterocycles. The maximum atomic E-state index is 13.3. The van der Waals surface area contributed by atoms with Gasteiger partial charge in [-0.3, -0.25) is 18.7 Å². The van der Waals surface area contributed by atoms with Gasteiger partial charge in [-0.05, 0) is 30.7 Å². The lowest BCUT2D eigenvalue weighted by atomic mass is 10.1. The number of furan rings is 1. The van der Waals surface area contributed by atoms with Crippen molar-refractivity contribution in [2.45, 2.75) is 19.8 Å². The largest absolute Gasteiger partial charge is 0.451 e. The van der Waals surface area contributed by atoms with Gasteiger partial charge in [0.05, 0.1) is 0 Å². The van der Waals surface area contributed by atoms with Gasteiger partial charge in [0, 0.05) is 37.3 Å². The number of carbonyl (C=O) groups excluding carboxylic acids is 2. The Hall–Kier alpha value is -3.27. The fourth-order valence-corrected chi connectivity index (χ4v) is 5.50. The molecule has 0 saturated carbocycles. The minimum absolute atomic E-state index is 0.129. The molecule has 0 aliphatic carbocycles. The van der Waals surface area contributed by atoms with Crippen LogP contribution in [0.4, 0.5) is 5.69 Å². The van der Waals surface area contributed by atoms with E-state index in [0.29, 0.717) is 28.6 Å². The molecule has 33 heavy (non-hydrogen) atoms. The Kier molecular flexibility index (Phi) is 6.20. The summed E-state index contributed by atoms with van der Waals surface area (Å²) in [5.41, 5.74) is 1.80. The molecule has 0 atom stereocenters. The molecule has 0 saturated heterocycles. The van der Waals surface area contributed by atoms with E-state index in [4.69, 9.17) is 4.42 Å². The number of unbranched alkanes of at least 4 members (excludes halogenated alkanes) is 1. The molecular formula is C24H27N3O5S. The van der Waals surface area contributed by atoms with Gasteiger partial charge in [0.1, 0.15) is 16.2 Å². The molecule has 2 heterocycles. The third-order valence-electron chi connectivity index (χ3n) is 5.40. The third kappa shape index (κ3) is 4.22. The van der Waals surface area contributed by atoms with Gasteiger partial charge < -0.3 is 14.6 Å². The Morgan fingerprint density at radius 1 is 1.12 bits per heavy atom. The van der Waals surface area contributed by atoms with E-state index in [9.17, 15) is 18.7 Å². The molecule has 8 nitrogen and oxygen atoms in total. The minimum Gasteiger partial charge on any atom is -0.451 e. The lowest BCUT2D eigenvalue weighted by molar-refractivity contribution is -0.122. The van der Waals surface area contributed by atoms with Gasteiger partial charge in [-0.25, -0.2) is 4.31 Å². The van der Waals surface area contributed by atoms with Crippen LogP contribution in [0.15, 0.2) is 64.7 Å². The molecule has 0 unspecified atom stereocenters. The summed E-state index contributed by atoms with van der Waals surface area (Å²) in [4.78, 5) is 27.1. The zero-order chi connectivity index (χ0) is 23.8. The van der Waals surface area contributed by atoms with E-state index >= 15 is 0 Å². The molecule has 2 amide bonds. The van der Waals surface area contributed by atoms with Crippen molar-refractivity contribution in [3.63, 3.8) is 0 Å². The summed E-state index contributed by atoms with van der Waals surface area (Å²) in [7, 11) is -0.204. The molecular weight excluding hydrogens is 442 g/mol. The van der Waals surface area contributed by atoms with Crippen molar-refractivity contribution in [1.29, 1.82) is 0 Å². The van der Waals surface area contributed by atoms with Gasteiger partial charge in [0.25, 0.3) is 11.8 Å². The first-order chi connectivity index (χ1) is 15.7. The summed E-state index contributed by atoms with van der Waals surface area (Å²) in [6.07, 6.45) is 1.47. The van der Waals surface area contributed by atoms with Crippen molar-refractivity contribution in [2.75, 3.05) is 26.0 Å². The highest BCUT2D eigenvalue weighted by Gasteiger charge is 2.44. The number of amides is 2.